The summed E-state index contributed by atoms with van der Waals surface area (Å²) in [6.45, 7) is 2.01. The Bertz CT molecular complexity index is 1220. The number of anilines is 1. The molecule has 0 fully saturated rings. The number of nitrogens with zero attached hydrogens (tertiary/aromatic N) is 1. The molecule has 0 aromatic heterocycles. The molecule has 0 bridgehead atoms. The van der Waals surface area contributed by atoms with Crippen LogP contribution in [0.3, 0.4) is 0 Å². The molecule has 4 rings (SSSR count). The maximum atomic E-state index is 13.9. The van der Waals surface area contributed by atoms with E-state index in [1.807, 2.05) is 42.5 Å². The Morgan fingerprint density at radius 3 is 2.34 bits per heavy atom. The number of fused-ring (bicyclic) bond motifs is 1. The van der Waals surface area contributed by atoms with Gasteiger partial charge in [0.1, 0.15) is 11.9 Å². The summed E-state index contributed by atoms with van der Waals surface area (Å²) in [6, 6.07) is 17.8. The van der Waals surface area contributed by atoms with Gasteiger partial charge in [-0.3, -0.25) is 4.79 Å². The summed E-state index contributed by atoms with van der Waals surface area (Å²) in [7, 11) is 3.17. The Morgan fingerprint density at radius 1 is 1.00 bits per heavy atom. The summed E-state index contributed by atoms with van der Waals surface area (Å²) in [4.78, 5) is 27.8. The zero-order chi connectivity index (χ0) is 24.9. The van der Waals surface area contributed by atoms with E-state index in [-0.39, 0.29) is 11.7 Å². The molecule has 35 heavy (non-hydrogen) atoms. The van der Waals surface area contributed by atoms with Gasteiger partial charge >= 0.3 is 6.03 Å². The number of benzene rings is 3. The smallest absolute Gasteiger partial charge is 0.318 e. The summed E-state index contributed by atoms with van der Waals surface area (Å²) >= 11 is 0. The summed E-state index contributed by atoms with van der Waals surface area (Å²) in [6.07, 6.45) is 0.613. The molecule has 2 N–H and O–H groups in total. The van der Waals surface area contributed by atoms with Gasteiger partial charge in [-0.1, -0.05) is 42.5 Å². The van der Waals surface area contributed by atoms with E-state index in [0.717, 1.165) is 16.7 Å². The van der Waals surface area contributed by atoms with Gasteiger partial charge in [-0.2, -0.15) is 0 Å². The third kappa shape index (κ3) is 5.06. The van der Waals surface area contributed by atoms with Gasteiger partial charge in [-0.05, 0) is 54.3 Å². The van der Waals surface area contributed by atoms with E-state index in [2.05, 4.69) is 10.6 Å². The van der Waals surface area contributed by atoms with Crippen LogP contribution in [-0.2, 0) is 11.2 Å². The Balaban J connectivity index is 1.60. The van der Waals surface area contributed by atoms with Crippen molar-refractivity contribution in [3.63, 3.8) is 0 Å². The standard InChI is InChI=1S/C27H28FN3O4/c1-17(26(32)30-22-12-8-7-11-21(22)28)29-27(33)31-14-13-19-15-23(34-2)24(35-3)16-20(19)25(31)18-9-5-4-6-10-18/h4-12,15-17,25H,13-14H2,1-3H3,(H,29,33)(H,30,32). The van der Waals surface area contributed by atoms with Gasteiger partial charge in [0.05, 0.1) is 25.9 Å². The van der Waals surface area contributed by atoms with E-state index >= 15 is 0 Å². The number of amides is 3. The Morgan fingerprint density at radius 2 is 1.66 bits per heavy atom. The van der Waals surface area contributed by atoms with Crippen LogP contribution in [0.2, 0.25) is 0 Å². The van der Waals surface area contributed by atoms with E-state index in [1.165, 1.54) is 12.1 Å². The highest BCUT2D eigenvalue weighted by Gasteiger charge is 2.34. The van der Waals surface area contributed by atoms with Crippen LogP contribution in [0.15, 0.2) is 66.7 Å². The zero-order valence-corrected chi connectivity index (χ0v) is 19.9. The van der Waals surface area contributed by atoms with E-state index < -0.39 is 23.8 Å². The molecule has 182 valence electrons. The predicted octanol–water partition coefficient (Wildman–Crippen LogP) is 4.53. The van der Waals surface area contributed by atoms with E-state index in [1.54, 1.807) is 38.2 Å². The fourth-order valence-corrected chi connectivity index (χ4v) is 4.30. The summed E-state index contributed by atoms with van der Waals surface area (Å²) < 4.78 is 24.9. The van der Waals surface area contributed by atoms with Crippen LogP contribution < -0.4 is 20.1 Å². The first-order valence-electron chi connectivity index (χ1n) is 11.3. The second-order valence-electron chi connectivity index (χ2n) is 8.30. The lowest BCUT2D eigenvalue weighted by atomic mass is 9.88. The van der Waals surface area contributed by atoms with Crippen LogP contribution in [0, 0.1) is 5.82 Å². The van der Waals surface area contributed by atoms with Crippen molar-refractivity contribution in [2.45, 2.75) is 25.4 Å². The molecule has 0 saturated carbocycles. The monoisotopic (exact) mass is 477 g/mol. The molecule has 2 atom stereocenters. The van der Waals surface area contributed by atoms with Crippen molar-refractivity contribution in [2.24, 2.45) is 0 Å². The van der Waals surface area contributed by atoms with E-state index in [0.29, 0.717) is 24.5 Å². The first-order valence-corrected chi connectivity index (χ1v) is 11.3. The number of carbonyl (C=O) groups is 2. The topological polar surface area (TPSA) is 79.9 Å². The van der Waals surface area contributed by atoms with Crippen LogP contribution in [0.5, 0.6) is 11.5 Å². The number of para-hydroxylation sites is 1. The molecule has 8 heteroatoms. The minimum Gasteiger partial charge on any atom is -0.493 e. The number of carbonyl (C=O) groups excluding carboxylic acids is 2. The highest BCUT2D eigenvalue weighted by Crippen LogP contribution is 2.41. The lowest BCUT2D eigenvalue weighted by molar-refractivity contribution is -0.117. The lowest BCUT2D eigenvalue weighted by Gasteiger charge is -2.38. The van der Waals surface area contributed by atoms with Gasteiger partial charge in [-0.15, -0.1) is 0 Å². The van der Waals surface area contributed by atoms with Crippen LogP contribution in [-0.4, -0.2) is 43.6 Å². The van der Waals surface area contributed by atoms with Crippen molar-refractivity contribution < 1.29 is 23.5 Å². The van der Waals surface area contributed by atoms with E-state index in [4.69, 9.17) is 9.47 Å². The Kier molecular flexibility index (Phi) is 7.19. The number of halogens is 1. The molecular formula is C27H28FN3O4. The van der Waals surface area contributed by atoms with Crippen molar-refractivity contribution in [3.05, 3.63) is 89.2 Å². The zero-order valence-electron chi connectivity index (χ0n) is 19.9. The number of ether oxygens (including phenoxy) is 2. The predicted molar refractivity (Wildman–Crippen MR) is 131 cm³/mol. The Labute approximate surface area is 203 Å². The molecule has 1 heterocycles. The molecule has 3 amide bonds. The fraction of sp³-hybridized carbons (Fsp3) is 0.259. The third-order valence-electron chi connectivity index (χ3n) is 6.11. The number of hydrogen-bond acceptors (Lipinski definition) is 4. The van der Waals surface area contributed by atoms with Crippen molar-refractivity contribution in [1.82, 2.24) is 10.2 Å². The molecule has 7 nitrogen and oxygen atoms in total. The summed E-state index contributed by atoms with van der Waals surface area (Å²) in [5, 5.41) is 5.29. The van der Waals surface area contributed by atoms with Gasteiger partial charge in [0, 0.05) is 6.54 Å². The minimum atomic E-state index is -0.884. The molecule has 0 spiro atoms. The first-order chi connectivity index (χ1) is 16.9. The molecule has 3 aromatic rings. The largest absolute Gasteiger partial charge is 0.493 e. The van der Waals surface area contributed by atoms with Crippen molar-refractivity contribution >= 4 is 17.6 Å². The van der Waals surface area contributed by atoms with Gasteiger partial charge in [0.2, 0.25) is 5.91 Å². The number of rotatable bonds is 6. The number of nitrogens with one attached hydrogen (secondary N) is 2. The van der Waals surface area contributed by atoms with Gasteiger partial charge < -0.3 is 25.0 Å². The second-order valence-corrected chi connectivity index (χ2v) is 8.30. The highest BCUT2D eigenvalue weighted by molar-refractivity contribution is 5.96. The van der Waals surface area contributed by atoms with Crippen LogP contribution in [0.25, 0.3) is 0 Å². The molecule has 1 aliphatic heterocycles. The maximum absolute atomic E-state index is 13.9. The van der Waals surface area contributed by atoms with Crippen LogP contribution in [0.1, 0.15) is 29.7 Å². The molecular weight excluding hydrogens is 449 g/mol. The molecule has 0 radical (unpaired) electrons. The van der Waals surface area contributed by atoms with Gasteiger partial charge in [0.15, 0.2) is 11.5 Å². The quantitative estimate of drug-likeness (QED) is 0.547. The molecule has 2 unspecified atom stereocenters. The summed E-state index contributed by atoms with van der Waals surface area (Å²) in [5.41, 5.74) is 2.98. The maximum Gasteiger partial charge on any atom is 0.318 e. The first kappa shape index (κ1) is 24.1. The number of urea groups is 1. The molecule has 1 aliphatic rings. The molecule has 0 aliphatic carbocycles. The second kappa shape index (κ2) is 10.5. The Hall–Kier alpha value is -4.07. The van der Waals surface area contributed by atoms with E-state index in [9.17, 15) is 14.0 Å². The normalized spacial score (nSPS) is 15.5. The minimum absolute atomic E-state index is 0.0636. The number of methoxy groups -OCH3 is 2. The van der Waals surface area contributed by atoms with Crippen LogP contribution >= 0.6 is 0 Å². The van der Waals surface area contributed by atoms with Gasteiger partial charge in [-0.25, -0.2) is 9.18 Å². The lowest BCUT2D eigenvalue weighted by Crippen LogP contribution is -2.51. The van der Waals surface area contributed by atoms with Crippen molar-refractivity contribution in [1.29, 1.82) is 0 Å². The van der Waals surface area contributed by atoms with Crippen molar-refractivity contribution in [3.8, 4) is 11.5 Å². The van der Waals surface area contributed by atoms with Gasteiger partial charge in [0.25, 0.3) is 0 Å². The SMILES string of the molecule is COc1cc2c(cc1OC)C(c1ccccc1)N(C(=O)NC(C)C(=O)Nc1ccccc1F)CC2. The highest BCUT2D eigenvalue weighted by atomic mass is 19.1. The average molecular weight is 478 g/mol. The fourth-order valence-electron chi connectivity index (χ4n) is 4.30. The van der Waals surface area contributed by atoms with Crippen LogP contribution in [0.4, 0.5) is 14.9 Å². The summed E-state index contributed by atoms with van der Waals surface area (Å²) in [5.74, 6) is 0.158. The average Bonchev–Trinajstić information content (AvgIpc) is 2.88. The molecule has 0 saturated heterocycles. The molecule has 3 aromatic carbocycles. The third-order valence-corrected chi connectivity index (χ3v) is 6.11. The number of hydrogen-bond donors (Lipinski definition) is 2. The van der Waals surface area contributed by atoms with Crippen molar-refractivity contribution in [2.75, 3.05) is 26.1 Å².